The molecular weight excluding hydrogens is 220 g/mol. The summed E-state index contributed by atoms with van der Waals surface area (Å²) in [6, 6.07) is 0.824. The zero-order chi connectivity index (χ0) is 12.8. The van der Waals surface area contributed by atoms with Crippen LogP contribution >= 0.6 is 0 Å². The molecule has 0 bridgehead atoms. The molecule has 1 saturated heterocycles. The first-order valence-corrected chi connectivity index (χ1v) is 8.19. The van der Waals surface area contributed by atoms with Gasteiger partial charge in [0.25, 0.3) is 0 Å². The van der Waals surface area contributed by atoms with Gasteiger partial charge in [0.2, 0.25) is 0 Å². The third-order valence-corrected chi connectivity index (χ3v) is 4.96. The minimum atomic E-state index is 0.824. The third-order valence-electron chi connectivity index (χ3n) is 4.96. The standard InChI is InChI=1S/C16H32N2/c1-3-5-14-7-9-16(10-8-14)17-12-15-6-4-11-18(2)13-15/h14-17H,3-13H2,1-2H3. The lowest BCUT2D eigenvalue weighted by atomic mass is 9.83. The average Bonchev–Trinajstić information content (AvgIpc) is 2.38. The van der Waals surface area contributed by atoms with Crippen LogP contribution in [0, 0.1) is 11.8 Å². The topological polar surface area (TPSA) is 15.3 Å². The summed E-state index contributed by atoms with van der Waals surface area (Å²) >= 11 is 0. The maximum Gasteiger partial charge on any atom is 0.00673 e. The summed E-state index contributed by atoms with van der Waals surface area (Å²) in [5.41, 5.74) is 0. The molecule has 0 amide bonds. The smallest absolute Gasteiger partial charge is 0.00673 e. The van der Waals surface area contributed by atoms with Crippen molar-refractivity contribution in [3.8, 4) is 0 Å². The van der Waals surface area contributed by atoms with Gasteiger partial charge in [-0.25, -0.2) is 0 Å². The van der Waals surface area contributed by atoms with Gasteiger partial charge in [0.15, 0.2) is 0 Å². The normalized spacial score (nSPS) is 34.7. The summed E-state index contributed by atoms with van der Waals surface area (Å²) in [5, 5.41) is 3.85. The molecule has 0 aromatic rings. The van der Waals surface area contributed by atoms with E-state index in [4.69, 9.17) is 0 Å². The van der Waals surface area contributed by atoms with Gasteiger partial charge in [-0.2, -0.15) is 0 Å². The zero-order valence-electron chi connectivity index (χ0n) is 12.5. The molecule has 2 fully saturated rings. The van der Waals surface area contributed by atoms with E-state index in [1.807, 2.05) is 0 Å². The monoisotopic (exact) mass is 252 g/mol. The molecule has 18 heavy (non-hydrogen) atoms. The first kappa shape index (κ1) is 14.3. The zero-order valence-corrected chi connectivity index (χ0v) is 12.5. The van der Waals surface area contributed by atoms with Crippen molar-refractivity contribution in [2.75, 3.05) is 26.7 Å². The number of likely N-dealkylation sites (tertiary alicyclic amines) is 1. The van der Waals surface area contributed by atoms with Crippen LogP contribution in [0.15, 0.2) is 0 Å². The Labute approximate surface area is 114 Å². The van der Waals surface area contributed by atoms with Gasteiger partial charge >= 0.3 is 0 Å². The molecule has 0 aromatic heterocycles. The molecule has 1 atom stereocenters. The maximum atomic E-state index is 3.85. The van der Waals surface area contributed by atoms with Crippen LogP contribution in [0.3, 0.4) is 0 Å². The van der Waals surface area contributed by atoms with E-state index in [1.165, 1.54) is 71.0 Å². The molecule has 1 saturated carbocycles. The van der Waals surface area contributed by atoms with Gasteiger partial charge in [-0.05, 0) is 70.5 Å². The van der Waals surface area contributed by atoms with Crippen LogP contribution in [0.2, 0.25) is 0 Å². The Hall–Kier alpha value is -0.0800. The van der Waals surface area contributed by atoms with Crippen LogP contribution in [-0.4, -0.2) is 37.6 Å². The van der Waals surface area contributed by atoms with E-state index in [0.717, 1.165) is 17.9 Å². The van der Waals surface area contributed by atoms with Crippen LogP contribution in [0.5, 0.6) is 0 Å². The molecule has 2 nitrogen and oxygen atoms in total. The minimum Gasteiger partial charge on any atom is -0.314 e. The SMILES string of the molecule is CCCC1CCC(NCC2CCCN(C)C2)CC1. The van der Waals surface area contributed by atoms with Crippen molar-refractivity contribution in [2.24, 2.45) is 11.8 Å². The van der Waals surface area contributed by atoms with Gasteiger partial charge in [0, 0.05) is 12.6 Å². The summed E-state index contributed by atoms with van der Waals surface area (Å²) in [6.45, 7) is 6.19. The second-order valence-electron chi connectivity index (χ2n) is 6.69. The first-order chi connectivity index (χ1) is 8.78. The minimum absolute atomic E-state index is 0.824. The van der Waals surface area contributed by atoms with Crippen LogP contribution in [0.1, 0.15) is 58.3 Å². The van der Waals surface area contributed by atoms with E-state index in [0.29, 0.717) is 0 Å². The van der Waals surface area contributed by atoms with Gasteiger partial charge in [0.1, 0.15) is 0 Å². The fraction of sp³-hybridized carbons (Fsp3) is 1.00. The molecule has 1 N–H and O–H groups in total. The van der Waals surface area contributed by atoms with Crippen LogP contribution in [0.4, 0.5) is 0 Å². The number of nitrogens with one attached hydrogen (secondary N) is 1. The first-order valence-electron chi connectivity index (χ1n) is 8.19. The highest BCUT2D eigenvalue weighted by Crippen LogP contribution is 2.28. The number of rotatable bonds is 5. The molecule has 2 heteroatoms. The predicted octanol–water partition coefficient (Wildman–Crippen LogP) is 3.28. The van der Waals surface area contributed by atoms with E-state index < -0.39 is 0 Å². The highest BCUT2D eigenvalue weighted by Gasteiger charge is 2.22. The fourth-order valence-corrected chi connectivity index (χ4v) is 3.84. The summed E-state index contributed by atoms with van der Waals surface area (Å²) in [6.07, 6.45) is 11.4. The van der Waals surface area contributed by atoms with E-state index in [9.17, 15) is 0 Å². The lowest BCUT2D eigenvalue weighted by Gasteiger charge is -2.33. The Morgan fingerprint density at radius 1 is 1.06 bits per heavy atom. The van der Waals surface area contributed by atoms with Crippen LogP contribution in [0.25, 0.3) is 0 Å². The summed E-state index contributed by atoms with van der Waals surface area (Å²) in [5.74, 6) is 1.94. The number of nitrogens with zero attached hydrogens (tertiary/aromatic N) is 1. The van der Waals surface area contributed by atoms with Crippen molar-refractivity contribution in [1.29, 1.82) is 0 Å². The summed E-state index contributed by atoms with van der Waals surface area (Å²) < 4.78 is 0. The molecule has 106 valence electrons. The summed E-state index contributed by atoms with van der Waals surface area (Å²) in [7, 11) is 2.27. The lowest BCUT2D eigenvalue weighted by molar-refractivity contribution is 0.194. The Balaban J connectivity index is 1.60. The molecule has 1 aliphatic carbocycles. The number of piperidine rings is 1. The molecular formula is C16H32N2. The van der Waals surface area contributed by atoms with Crippen molar-refractivity contribution in [3.63, 3.8) is 0 Å². The molecule has 1 heterocycles. The largest absolute Gasteiger partial charge is 0.314 e. The van der Waals surface area contributed by atoms with Crippen LogP contribution in [-0.2, 0) is 0 Å². The number of hydrogen-bond donors (Lipinski definition) is 1. The molecule has 2 rings (SSSR count). The van der Waals surface area contributed by atoms with Gasteiger partial charge < -0.3 is 10.2 Å². The molecule has 0 aromatic carbocycles. The molecule has 0 radical (unpaired) electrons. The predicted molar refractivity (Wildman–Crippen MR) is 78.9 cm³/mol. The van der Waals surface area contributed by atoms with Crippen molar-refractivity contribution in [2.45, 2.75) is 64.3 Å². The lowest BCUT2D eigenvalue weighted by Crippen LogP contribution is -2.41. The Bertz CT molecular complexity index is 221. The van der Waals surface area contributed by atoms with Crippen molar-refractivity contribution in [1.82, 2.24) is 10.2 Å². The Morgan fingerprint density at radius 3 is 2.50 bits per heavy atom. The van der Waals surface area contributed by atoms with Crippen LogP contribution < -0.4 is 5.32 Å². The fourth-order valence-electron chi connectivity index (χ4n) is 3.84. The van der Waals surface area contributed by atoms with Gasteiger partial charge in [0.05, 0.1) is 0 Å². The quantitative estimate of drug-likeness (QED) is 0.808. The van der Waals surface area contributed by atoms with Crippen molar-refractivity contribution < 1.29 is 0 Å². The van der Waals surface area contributed by atoms with Gasteiger partial charge in [-0.1, -0.05) is 19.8 Å². The van der Waals surface area contributed by atoms with E-state index in [-0.39, 0.29) is 0 Å². The van der Waals surface area contributed by atoms with E-state index in [2.05, 4.69) is 24.2 Å². The third kappa shape index (κ3) is 4.55. The van der Waals surface area contributed by atoms with Gasteiger partial charge in [-0.15, -0.1) is 0 Å². The summed E-state index contributed by atoms with van der Waals surface area (Å²) in [4.78, 5) is 2.49. The molecule has 0 spiro atoms. The number of hydrogen-bond acceptors (Lipinski definition) is 2. The highest BCUT2D eigenvalue weighted by atomic mass is 15.1. The molecule has 1 unspecified atom stereocenters. The van der Waals surface area contributed by atoms with E-state index >= 15 is 0 Å². The Morgan fingerprint density at radius 2 is 1.83 bits per heavy atom. The highest BCUT2D eigenvalue weighted by molar-refractivity contribution is 4.79. The Kier molecular flexibility index (Phi) is 5.97. The second kappa shape index (κ2) is 7.49. The maximum absolute atomic E-state index is 3.85. The van der Waals surface area contributed by atoms with Gasteiger partial charge in [-0.3, -0.25) is 0 Å². The van der Waals surface area contributed by atoms with Crippen molar-refractivity contribution in [3.05, 3.63) is 0 Å². The average molecular weight is 252 g/mol. The molecule has 2 aliphatic rings. The van der Waals surface area contributed by atoms with Crippen molar-refractivity contribution >= 4 is 0 Å². The second-order valence-corrected chi connectivity index (χ2v) is 6.69. The molecule has 1 aliphatic heterocycles. The van der Waals surface area contributed by atoms with E-state index in [1.54, 1.807) is 0 Å².